The van der Waals surface area contributed by atoms with Crippen LogP contribution in [0.3, 0.4) is 0 Å². The maximum atomic E-state index is 12.6. The molecular weight excluding hydrogens is 316 g/mol. The Kier molecular flexibility index (Phi) is 5.35. The molecule has 21 heavy (non-hydrogen) atoms. The van der Waals surface area contributed by atoms with E-state index in [1.54, 1.807) is 12.1 Å². The molecule has 0 aliphatic rings. The monoisotopic (exact) mass is 330 g/mol. The van der Waals surface area contributed by atoms with Gasteiger partial charge in [0.05, 0.1) is 12.8 Å². The molecule has 0 saturated carbocycles. The lowest BCUT2D eigenvalue weighted by Crippen LogP contribution is -2.32. The van der Waals surface area contributed by atoms with Gasteiger partial charge in [-0.15, -0.1) is 0 Å². The number of aromatic nitrogens is 1. The number of furan rings is 1. The van der Waals surface area contributed by atoms with Gasteiger partial charge in [-0.1, -0.05) is 11.6 Å². The van der Waals surface area contributed by atoms with Crippen molar-refractivity contribution in [1.29, 1.82) is 0 Å². The highest BCUT2D eigenvalue weighted by atomic mass is 35.5. The number of sulfonamides is 1. The van der Waals surface area contributed by atoms with Crippen molar-refractivity contribution in [3.05, 3.63) is 47.6 Å². The standard InChI is InChI=1S/C13H15ClN2O4S/c14-13-5-4-12(9-15-13)21(18,19)16(6-2-7-17)10-11-3-1-8-20-11/h1,3-5,8-9,17H,2,6-7,10H2. The van der Waals surface area contributed by atoms with Crippen molar-refractivity contribution in [2.45, 2.75) is 17.9 Å². The Morgan fingerprint density at radius 3 is 2.71 bits per heavy atom. The molecule has 0 bridgehead atoms. The van der Waals surface area contributed by atoms with Crippen LogP contribution in [0.1, 0.15) is 12.2 Å². The van der Waals surface area contributed by atoms with Crippen LogP contribution in [0.5, 0.6) is 0 Å². The Morgan fingerprint density at radius 2 is 2.14 bits per heavy atom. The number of nitrogens with zero attached hydrogens (tertiary/aromatic N) is 2. The van der Waals surface area contributed by atoms with Gasteiger partial charge in [0.15, 0.2) is 0 Å². The van der Waals surface area contributed by atoms with Gasteiger partial charge in [0, 0.05) is 19.3 Å². The van der Waals surface area contributed by atoms with Crippen LogP contribution in [0.4, 0.5) is 0 Å². The molecule has 0 amide bonds. The van der Waals surface area contributed by atoms with Gasteiger partial charge in [-0.25, -0.2) is 13.4 Å². The summed E-state index contributed by atoms with van der Waals surface area (Å²) in [7, 11) is -3.73. The molecule has 114 valence electrons. The average Bonchev–Trinajstić information content (AvgIpc) is 2.96. The molecule has 0 aliphatic heterocycles. The van der Waals surface area contributed by atoms with Crippen LogP contribution in [0.15, 0.2) is 46.0 Å². The first-order valence-corrected chi connectivity index (χ1v) is 8.11. The molecule has 2 aromatic rings. The zero-order valence-electron chi connectivity index (χ0n) is 11.1. The third kappa shape index (κ3) is 4.04. The summed E-state index contributed by atoms with van der Waals surface area (Å²) in [6.45, 7) is 0.184. The van der Waals surface area contributed by atoms with Crippen LogP contribution in [0.2, 0.25) is 5.15 Å². The number of hydrogen-bond acceptors (Lipinski definition) is 5. The van der Waals surface area contributed by atoms with Gasteiger partial charge in [0.2, 0.25) is 10.0 Å². The van der Waals surface area contributed by atoms with Gasteiger partial charge in [0.1, 0.15) is 15.8 Å². The quantitative estimate of drug-likeness (QED) is 0.784. The summed E-state index contributed by atoms with van der Waals surface area (Å²) in [5.41, 5.74) is 0. The second-order valence-electron chi connectivity index (χ2n) is 4.31. The van der Waals surface area contributed by atoms with Crippen LogP contribution in [0.25, 0.3) is 0 Å². The number of pyridine rings is 1. The van der Waals surface area contributed by atoms with Crippen molar-refractivity contribution in [2.24, 2.45) is 0 Å². The predicted molar refractivity (Wildman–Crippen MR) is 77.3 cm³/mol. The van der Waals surface area contributed by atoms with Crippen molar-refractivity contribution < 1.29 is 17.9 Å². The largest absolute Gasteiger partial charge is 0.468 e. The van der Waals surface area contributed by atoms with Crippen LogP contribution in [-0.4, -0.2) is 36.0 Å². The highest BCUT2D eigenvalue weighted by Gasteiger charge is 2.25. The highest BCUT2D eigenvalue weighted by Crippen LogP contribution is 2.19. The van der Waals surface area contributed by atoms with Gasteiger partial charge in [-0.05, 0) is 30.7 Å². The fraction of sp³-hybridized carbons (Fsp3) is 0.308. The first kappa shape index (κ1) is 16.0. The lowest BCUT2D eigenvalue weighted by Gasteiger charge is -2.20. The van der Waals surface area contributed by atoms with Gasteiger partial charge in [-0.2, -0.15) is 4.31 Å². The summed E-state index contributed by atoms with van der Waals surface area (Å²) in [6.07, 6.45) is 3.03. The Morgan fingerprint density at radius 1 is 1.33 bits per heavy atom. The van der Waals surface area contributed by atoms with E-state index >= 15 is 0 Å². The molecule has 0 saturated heterocycles. The first-order chi connectivity index (χ1) is 10.0. The van der Waals surface area contributed by atoms with Crippen molar-refractivity contribution >= 4 is 21.6 Å². The molecule has 0 atom stereocenters. The number of aliphatic hydroxyl groups is 1. The van der Waals surface area contributed by atoms with E-state index in [1.165, 1.54) is 28.9 Å². The summed E-state index contributed by atoms with van der Waals surface area (Å²) in [5, 5.41) is 9.16. The summed E-state index contributed by atoms with van der Waals surface area (Å²) < 4.78 is 31.6. The van der Waals surface area contributed by atoms with Gasteiger partial charge >= 0.3 is 0 Å². The molecule has 2 heterocycles. The second-order valence-corrected chi connectivity index (χ2v) is 6.64. The van der Waals surface area contributed by atoms with Crippen LogP contribution in [-0.2, 0) is 16.6 Å². The lowest BCUT2D eigenvalue weighted by molar-refractivity contribution is 0.263. The van der Waals surface area contributed by atoms with E-state index in [9.17, 15) is 8.42 Å². The predicted octanol–water partition coefficient (Wildman–Crippen LogP) is 1.90. The Hall–Kier alpha value is -1.41. The minimum Gasteiger partial charge on any atom is -0.468 e. The van der Waals surface area contributed by atoms with E-state index < -0.39 is 10.0 Å². The third-order valence-corrected chi connectivity index (χ3v) is 4.87. The summed E-state index contributed by atoms with van der Waals surface area (Å²) in [6, 6.07) is 6.21. The van der Waals surface area contributed by atoms with Crippen molar-refractivity contribution in [3.63, 3.8) is 0 Å². The number of hydrogen-bond donors (Lipinski definition) is 1. The molecule has 8 heteroatoms. The van der Waals surface area contributed by atoms with Crippen LogP contribution >= 0.6 is 11.6 Å². The second kappa shape index (κ2) is 7.04. The van der Waals surface area contributed by atoms with Crippen LogP contribution < -0.4 is 0 Å². The highest BCUT2D eigenvalue weighted by molar-refractivity contribution is 7.89. The van der Waals surface area contributed by atoms with E-state index in [0.717, 1.165) is 0 Å². The molecule has 1 N–H and O–H groups in total. The Bertz CT molecular complexity index is 656. The fourth-order valence-corrected chi connectivity index (χ4v) is 3.27. The lowest BCUT2D eigenvalue weighted by atomic mass is 10.4. The first-order valence-electron chi connectivity index (χ1n) is 6.29. The smallest absolute Gasteiger partial charge is 0.245 e. The summed E-state index contributed by atoms with van der Waals surface area (Å²) in [5.74, 6) is 0.526. The minimum atomic E-state index is -3.73. The molecule has 0 unspecified atom stereocenters. The fourth-order valence-electron chi connectivity index (χ4n) is 1.77. The topological polar surface area (TPSA) is 83.6 Å². The van der Waals surface area contributed by atoms with E-state index in [1.807, 2.05) is 0 Å². The number of rotatable bonds is 7. The van der Waals surface area contributed by atoms with Gasteiger partial charge in [0.25, 0.3) is 0 Å². The van der Waals surface area contributed by atoms with Crippen molar-refractivity contribution in [1.82, 2.24) is 9.29 Å². The molecule has 0 aromatic carbocycles. The molecule has 0 radical (unpaired) electrons. The molecule has 2 rings (SSSR count). The molecule has 0 fully saturated rings. The van der Waals surface area contributed by atoms with E-state index in [-0.39, 0.29) is 29.7 Å². The van der Waals surface area contributed by atoms with Gasteiger partial charge < -0.3 is 9.52 Å². The normalized spacial score (nSPS) is 12.0. The summed E-state index contributed by atoms with van der Waals surface area (Å²) in [4.78, 5) is 3.84. The van der Waals surface area contributed by atoms with Gasteiger partial charge in [-0.3, -0.25) is 0 Å². The molecule has 6 nitrogen and oxygen atoms in total. The molecule has 0 spiro atoms. The van der Waals surface area contributed by atoms with E-state index in [4.69, 9.17) is 21.1 Å². The van der Waals surface area contributed by atoms with Crippen molar-refractivity contribution in [2.75, 3.05) is 13.2 Å². The zero-order valence-corrected chi connectivity index (χ0v) is 12.7. The van der Waals surface area contributed by atoms with E-state index in [2.05, 4.69) is 4.98 Å². The Balaban J connectivity index is 2.27. The maximum absolute atomic E-state index is 12.6. The summed E-state index contributed by atoms with van der Waals surface area (Å²) >= 11 is 5.67. The number of aliphatic hydroxyl groups excluding tert-OH is 1. The van der Waals surface area contributed by atoms with E-state index in [0.29, 0.717) is 12.2 Å². The van der Waals surface area contributed by atoms with Crippen LogP contribution in [0, 0.1) is 0 Å². The third-order valence-electron chi connectivity index (χ3n) is 2.82. The minimum absolute atomic E-state index is 0.0522. The number of halogens is 1. The maximum Gasteiger partial charge on any atom is 0.245 e. The van der Waals surface area contributed by atoms with Crippen molar-refractivity contribution in [3.8, 4) is 0 Å². The Labute approximate surface area is 128 Å². The molecule has 0 aliphatic carbocycles. The SMILES string of the molecule is O=S(=O)(c1ccc(Cl)nc1)N(CCCO)Cc1ccco1. The average molecular weight is 331 g/mol. The molecule has 2 aromatic heterocycles. The zero-order chi connectivity index (χ0) is 15.3. The molecular formula is C13H15ClN2O4S.